The smallest absolute Gasteiger partial charge is 0.251 e. The molecule has 5 rings (SSSR count). The molecular weight excluding hydrogens is 476 g/mol. The first-order valence-electron chi connectivity index (χ1n) is 14.0. The predicted molar refractivity (Wildman–Crippen MR) is 150 cm³/mol. The second-order valence-electron chi connectivity index (χ2n) is 10.8. The maximum Gasteiger partial charge on any atom is 0.251 e. The zero-order chi connectivity index (χ0) is 26.5. The first-order chi connectivity index (χ1) is 18.5. The first-order valence-corrected chi connectivity index (χ1v) is 14.0. The van der Waals surface area contributed by atoms with E-state index >= 15 is 0 Å². The van der Waals surface area contributed by atoms with E-state index in [2.05, 4.69) is 53.1 Å². The number of ether oxygens (including phenoxy) is 2. The van der Waals surface area contributed by atoms with Crippen LogP contribution in [0.1, 0.15) is 59.7 Å². The molecule has 6 heteroatoms. The number of nitrogens with one attached hydrogen (secondary N) is 2. The fourth-order valence-corrected chi connectivity index (χ4v) is 5.88. The molecule has 5 atom stereocenters. The Labute approximate surface area is 225 Å². The van der Waals surface area contributed by atoms with Gasteiger partial charge in [0.1, 0.15) is 0 Å². The molecule has 0 radical (unpaired) electrons. The van der Waals surface area contributed by atoms with Gasteiger partial charge in [0.25, 0.3) is 5.91 Å². The van der Waals surface area contributed by atoms with Crippen LogP contribution in [0.5, 0.6) is 0 Å². The van der Waals surface area contributed by atoms with Gasteiger partial charge in [0.05, 0.1) is 24.4 Å². The molecule has 38 heavy (non-hydrogen) atoms. The van der Waals surface area contributed by atoms with Gasteiger partial charge in [-0.15, -0.1) is 0 Å². The van der Waals surface area contributed by atoms with Gasteiger partial charge in [0, 0.05) is 18.5 Å². The Morgan fingerprint density at radius 1 is 0.974 bits per heavy atom. The number of hydrogen-bond donors (Lipinski definition) is 3. The summed E-state index contributed by atoms with van der Waals surface area (Å²) in [7, 11) is 1.85. The Balaban J connectivity index is 1.39. The lowest BCUT2D eigenvalue weighted by Gasteiger charge is -2.39. The molecule has 2 heterocycles. The topological polar surface area (TPSA) is 79.8 Å². The zero-order valence-corrected chi connectivity index (χ0v) is 22.5. The number of likely N-dealkylation sites (N-methyl/N-ethyl adjacent to an activating group) is 1. The highest BCUT2D eigenvalue weighted by atomic mass is 16.7. The van der Waals surface area contributed by atoms with Crippen molar-refractivity contribution in [1.29, 1.82) is 0 Å². The van der Waals surface area contributed by atoms with Gasteiger partial charge >= 0.3 is 0 Å². The number of fused-ring (bicyclic) bond motifs is 4. The van der Waals surface area contributed by atoms with Gasteiger partial charge in [0.15, 0.2) is 6.29 Å². The summed E-state index contributed by atoms with van der Waals surface area (Å²) < 4.78 is 12.7. The van der Waals surface area contributed by atoms with Gasteiger partial charge in [-0.2, -0.15) is 0 Å². The van der Waals surface area contributed by atoms with Crippen LogP contribution in [0.25, 0.3) is 10.8 Å². The summed E-state index contributed by atoms with van der Waals surface area (Å²) in [5.41, 5.74) is 4.49. The highest BCUT2D eigenvalue weighted by Gasteiger charge is 2.36. The lowest BCUT2D eigenvalue weighted by molar-refractivity contribution is -0.238. The molecule has 202 valence electrons. The molecule has 1 amide bonds. The predicted octanol–water partition coefficient (Wildman–Crippen LogP) is 4.55. The number of carbonyl (C=O) groups is 1. The van der Waals surface area contributed by atoms with Crippen molar-refractivity contribution in [2.45, 2.75) is 82.5 Å². The average molecular weight is 517 g/mol. The Morgan fingerprint density at radius 2 is 1.76 bits per heavy atom. The van der Waals surface area contributed by atoms with Crippen LogP contribution in [-0.4, -0.2) is 55.2 Å². The molecule has 3 aromatic rings. The van der Waals surface area contributed by atoms with Gasteiger partial charge in [-0.25, -0.2) is 0 Å². The van der Waals surface area contributed by atoms with Crippen LogP contribution < -0.4 is 10.6 Å². The van der Waals surface area contributed by atoms with E-state index in [1.807, 2.05) is 32.2 Å². The number of benzene rings is 3. The van der Waals surface area contributed by atoms with Gasteiger partial charge in [-0.1, -0.05) is 48.5 Å². The van der Waals surface area contributed by atoms with E-state index in [1.54, 1.807) is 0 Å². The molecule has 3 N–H and O–H groups in total. The summed E-state index contributed by atoms with van der Waals surface area (Å²) in [6.45, 7) is 2.64. The van der Waals surface area contributed by atoms with Crippen LogP contribution in [-0.2, 0) is 28.7 Å². The zero-order valence-electron chi connectivity index (χ0n) is 22.5. The normalized spacial score (nSPS) is 27.1. The monoisotopic (exact) mass is 516 g/mol. The number of aryl methyl sites for hydroxylation is 2. The van der Waals surface area contributed by atoms with Crippen LogP contribution in [0, 0.1) is 0 Å². The minimum absolute atomic E-state index is 0.0321. The van der Waals surface area contributed by atoms with Crippen LogP contribution in [0.3, 0.4) is 0 Å². The van der Waals surface area contributed by atoms with Crippen LogP contribution in [0.2, 0.25) is 0 Å². The van der Waals surface area contributed by atoms with Crippen molar-refractivity contribution in [1.82, 2.24) is 10.6 Å². The van der Waals surface area contributed by atoms with Crippen molar-refractivity contribution in [3.05, 3.63) is 82.9 Å². The van der Waals surface area contributed by atoms with Gasteiger partial charge < -0.3 is 25.2 Å². The van der Waals surface area contributed by atoms with E-state index in [0.29, 0.717) is 18.5 Å². The molecule has 5 bridgehead atoms. The highest BCUT2D eigenvalue weighted by Crippen LogP contribution is 2.26. The van der Waals surface area contributed by atoms with Crippen molar-refractivity contribution >= 4 is 16.7 Å². The fourth-order valence-electron chi connectivity index (χ4n) is 5.88. The van der Waals surface area contributed by atoms with E-state index in [-0.39, 0.29) is 24.2 Å². The molecule has 0 spiro atoms. The summed E-state index contributed by atoms with van der Waals surface area (Å²) in [5, 5.41) is 19.1. The van der Waals surface area contributed by atoms with Gasteiger partial charge in [-0.3, -0.25) is 4.79 Å². The second-order valence-corrected chi connectivity index (χ2v) is 10.8. The van der Waals surface area contributed by atoms with Crippen molar-refractivity contribution in [2.75, 3.05) is 13.6 Å². The Bertz CT molecular complexity index is 1230. The molecule has 0 saturated carbocycles. The van der Waals surface area contributed by atoms with Crippen molar-refractivity contribution in [3.8, 4) is 0 Å². The highest BCUT2D eigenvalue weighted by molar-refractivity contribution is 5.98. The van der Waals surface area contributed by atoms with Gasteiger partial charge in [0.2, 0.25) is 0 Å². The third-order valence-electron chi connectivity index (χ3n) is 7.94. The Kier molecular flexibility index (Phi) is 8.75. The quantitative estimate of drug-likeness (QED) is 0.476. The molecule has 0 aliphatic carbocycles. The van der Waals surface area contributed by atoms with Crippen LogP contribution in [0.4, 0.5) is 0 Å². The van der Waals surface area contributed by atoms with E-state index in [1.165, 1.54) is 16.7 Å². The maximum absolute atomic E-state index is 12.8. The third kappa shape index (κ3) is 6.62. The fraction of sp³-hybridized carbons (Fsp3) is 0.469. The lowest BCUT2D eigenvalue weighted by Crippen LogP contribution is -2.54. The van der Waals surface area contributed by atoms with Crippen LogP contribution in [0.15, 0.2) is 60.7 Å². The summed E-state index contributed by atoms with van der Waals surface area (Å²) in [5.74, 6) is -0.0321. The molecule has 2 aliphatic rings. The number of aliphatic hydroxyl groups excluding tert-OH is 1. The molecule has 3 aromatic carbocycles. The van der Waals surface area contributed by atoms with E-state index in [4.69, 9.17) is 9.47 Å². The maximum atomic E-state index is 12.8. The van der Waals surface area contributed by atoms with E-state index in [9.17, 15) is 9.90 Å². The number of amides is 1. The van der Waals surface area contributed by atoms with Crippen molar-refractivity contribution in [3.63, 3.8) is 0 Å². The summed E-state index contributed by atoms with van der Waals surface area (Å²) in [4.78, 5) is 12.8. The number of carbonyl (C=O) groups excluding carboxylic acids is 1. The summed E-state index contributed by atoms with van der Waals surface area (Å²) >= 11 is 0. The first kappa shape index (κ1) is 26.8. The largest absolute Gasteiger partial charge is 0.391 e. The number of aliphatic hydroxyl groups is 1. The minimum Gasteiger partial charge on any atom is -0.391 e. The molecule has 0 aromatic heterocycles. The SMILES string of the molecule is CN[C@H]1[C@@H](O)C[C@H](OC2CCCc3cccc(c3)CCCNC(=O)c3ccc4ccc(cc4c3)C2)O[C@@H]1C. The van der Waals surface area contributed by atoms with E-state index < -0.39 is 12.4 Å². The standard InChI is InChI=1S/C32H40N2O4/c1-21-31(33-2)29(35)20-30(37-21)38-28-10-4-8-22-6-3-7-23(16-22)9-5-15-34-32(36)26-14-13-25-12-11-24(18-28)17-27(25)19-26/h3,6-7,11-14,16-17,19,21,28-31,33,35H,4-5,8-10,15,18,20H2,1-2H3,(H,34,36)/t21-,28?,29+,30+,31-/m1/s1. The Hall–Kier alpha value is -2.77. The molecular formula is C32H40N2O4. The summed E-state index contributed by atoms with van der Waals surface area (Å²) in [6.07, 6.45) is 4.78. The van der Waals surface area contributed by atoms with E-state index in [0.717, 1.165) is 49.3 Å². The molecule has 2 aliphatic heterocycles. The molecule has 1 saturated heterocycles. The lowest BCUT2D eigenvalue weighted by atomic mass is 9.96. The number of rotatable bonds is 3. The average Bonchev–Trinajstić information content (AvgIpc) is 2.90. The van der Waals surface area contributed by atoms with Gasteiger partial charge in [-0.05, 0) is 92.1 Å². The molecule has 1 fully saturated rings. The minimum atomic E-state index is -0.513. The van der Waals surface area contributed by atoms with Crippen molar-refractivity contribution in [2.24, 2.45) is 0 Å². The molecule has 6 nitrogen and oxygen atoms in total. The van der Waals surface area contributed by atoms with Crippen molar-refractivity contribution < 1.29 is 19.4 Å². The third-order valence-corrected chi connectivity index (χ3v) is 7.94. The number of hydrogen-bond acceptors (Lipinski definition) is 5. The second kappa shape index (κ2) is 12.4. The molecule has 1 unspecified atom stereocenters. The van der Waals surface area contributed by atoms with Crippen LogP contribution >= 0.6 is 0 Å². The summed E-state index contributed by atoms with van der Waals surface area (Å²) in [6, 6.07) is 21.0. The Morgan fingerprint density at radius 3 is 2.55 bits per heavy atom.